The van der Waals surface area contributed by atoms with Gasteiger partial charge in [0.05, 0.1) is 17.9 Å². The largest absolute Gasteiger partial charge is 0.481 e. The first-order valence-corrected chi connectivity index (χ1v) is 12.7. The zero-order valence-electron chi connectivity index (χ0n) is 19.3. The fourth-order valence-electron chi connectivity index (χ4n) is 5.11. The van der Waals surface area contributed by atoms with E-state index in [9.17, 15) is 14.7 Å². The fraction of sp³-hybridized carbons (Fsp3) is 0.481. The van der Waals surface area contributed by atoms with Crippen molar-refractivity contribution in [1.82, 2.24) is 5.32 Å². The highest BCUT2D eigenvalue weighted by molar-refractivity contribution is 6.30. The summed E-state index contributed by atoms with van der Waals surface area (Å²) in [6, 6.07) is 14.7. The van der Waals surface area contributed by atoms with Gasteiger partial charge in [-0.3, -0.25) is 9.59 Å². The summed E-state index contributed by atoms with van der Waals surface area (Å²) in [6.07, 6.45) is 3.24. The van der Waals surface area contributed by atoms with E-state index in [0.29, 0.717) is 35.4 Å². The summed E-state index contributed by atoms with van der Waals surface area (Å²) < 4.78 is 5.82. The van der Waals surface area contributed by atoms with E-state index < -0.39 is 11.4 Å². The van der Waals surface area contributed by atoms with E-state index >= 15 is 0 Å². The fourth-order valence-corrected chi connectivity index (χ4v) is 5.44. The second-order valence-electron chi connectivity index (χ2n) is 9.80. The van der Waals surface area contributed by atoms with Gasteiger partial charge in [-0.05, 0) is 72.9 Å². The third-order valence-electron chi connectivity index (χ3n) is 7.39. The first-order chi connectivity index (χ1) is 16.3. The van der Waals surface area contributed by atoms with Gasteiger partial charge in [-0.25, -0.2) is 0 Å². The molecule has 182 valence electrons. The van der Waals surface area contributed by atoms with Crippen LogP contribution in [0.25, 0.3) is 0 Å². The van der Waals surface area contributed by atoms with E-state index in [4.69, 9.17) is 27.9 Å². The third-order valence-corrected chi connectivity index (χ3v) is 7.87. The van der Waals surface area contributed by atoms with E-state index in [1.54, 1.807) is 12.1 Å². The Hall–Kier alpha value is -2.08. The Bertz CT molecular complexity index is 1020. The summed E-state index contributed by atoms with van der Waals surface area (Å²) in [7, 11) is 0. The quantitative estimate of drug-likeness (QED) is 0.375. The van der Waals surface area contributed by atoms with Crippen molar-refractivity contribution < 1.29 is 19.4 Å². The van der Waals surface area contributed by atoms with E-state index in [1.807, 2.05) is 43.3 Å². The minimum atomic E-state index is -1.05. The molecule has 34 heavy (non-hydrogen) atoms. The molecule has 2 N–H and O–H groups in total. The highest BCUT2D eigenvalue weighted by Crippen LogP contribution is 2.51. The number of halogens is 2. The topological polar surface area (TPSA) is 75.6 Å². The van der Waals surface area contributed by atoms with Crippen molar-refractivity contribution >= 4 is 35.1 Å². The lowest BCUT2D eigenvalue weighted by Crippen LogP contribution is -2.54. The highest BCUT2D eigenvalue weighted by atomic mass is 35.5. The van der Waals surface area contributed by atoms with Crippen LogP contribution in [0.3, 0.4) is 0 Å². The SMILES string of the molecule is C[C@@H](CCOCC1CC1)[C@]1(CC(=O)O)C[C@H](c2cccc(Cl)c2)[C@@H](c2ccc(Cl)cc2)NC1=O. The van der Waals surface area contributed by atoms with Crippen molar-refractivity contribution in [2.24, 2.45) is 17.3 Å². The Morgan fingerprint density at radius 3 is 2.53 bits per heavy atom. The van der Waals surface area contributed by atoms with Crippen LogP contribution in [0.1, 0.15) is 62.1 Å². The van der Waals surface area contributed by atoms with Gasteiger partial charge in [0.25, 0.3) is 0 Å². The molecule has 1 saturated heterocycles. The molecular weight excluding hydrogens is 473 g/mol. The van der Waals surface area contributed by atoms with Gasteiger partial charge in [0.15, 0.2) is 0 Å². The molecule has 1 aliphatic heterocycles. The summed E-state index contributed by atoms with van der Waals surface area (Å²) >= 11 is 12.4. The summed E-state index contributed by atoms with van der Waals surface area (Å²) in [4.78, 5) is 25.7. The molecule has 7 heteroatoms. The highest BCUT2D eigenvalue weighted by Gasteiger charge is 2.52. The predicted molar refractivity (Wildman–Crippen MR) is 133 cm³/mol. The summed E-state index contributed by atoms with van der Waals surface area (Å²) in [5.41, 5.74) is 0.844. The average molecular weight is 504 g/mol. The van der Waals surface area contributed by atoms with Crippen LogP contribution in [-0.2, 0) is 14.3 Å². The number of piperidine rings is 1. The maximum absolute atomic E-state index is 13.7. The van der Waals surface area contributed by atoms with Crippen LogP contribution in [0.2, 0.25) is 10.0 Å². The number of carbonyl (C=O) groups excluding carboxylic acids is 1. The molecule has 4 rings (SSSR count). The van der Waals surface area contributed by atoms with Gasteiger partial charge in [0.1, 0.15) is 0 Å². The zero-order chi connectivity index (χ0) is 24.3. The predicted octanol–water partition coefficient (Wildman–Crippen LogP) is 6.25. The molecule has 0 radical (unpaired) electrons. The van der Waals surface area contributed by atoms with Crippen molar-refractivity contribution in [2.75, 3.05) is 13.2 Å². The second-order valence-corrected chi connectivity index (χ2v) is 10.7. The number of amides is 1. The smallest absolute Gasteiger partial charge is 0.304 e. The molecule has 1 amide bonds. The lowest BCUT2D eigenvalue weighted by molar-refractivity contribution is -0.152. The monoisotopic (exact) mass is 503 g/mol. The summed E-state index contributed by atoms with van der Waals surface area (Å²) in [6.45, 7) is 3.24. The number of aliphatic carboxylic acids is 1. The maximum Gasteiger partial charge on any atom is 0.304 e. The standard InChI is InChI=1S/C27H31Cl2NO4/c1-17(11-12-34-16-18-5-6-18)27(15-24(31)32)14-23(20-3-2-4-22(29)13-20)25(30-26(27)33)19-7-9-21(28)10-8-19/h2-4,7-10,13,17-18,23,25H,5-6,11-12,14-16H2,1H3,(H,30,33)(H,31,32)/t17-,23+,25+,27+/m0/s1. The summed E-state index contributed by atoms with van der Waals surface area (Å²) in [5, 5.41) is 14.2. The van der Waals surface area contributed by atoms with Gasteiger partial charge in [-0.15, -0.1) is 0 Å². The molecule has 4 atom stereocenters. The maximum atomic E-state index is 13.7. The Labute approximate surface area is 210 Å². The van der Waals surface area contributed by atoms with E-state index in [2.05, 4.69) is 5.32 Å². The van der Waals surface area contributed by atoms with E-state index in [1.165, 1.54) is 12.8 Å². The molecule has 1 heterocycles. The summed E-state index contributed by atoms with van der Waals surface area (Å²) in [5.74, 6) is -0.852. The van der Waals surface area contributed by atoms with Crippen LogP contribution in [0.15, 0.2) is 48.5 Å². The van der Waals surface area contributed by atoms with Crippen molar-refractivity contribution in [3.05, 3.63) is 69.7 Å². The molecule has 0 spiro atoms. The molecular formula is C27H31Cl2NO4. The van der Waals surface area contributed by atoms with Crippen LogP contribution < -0.4 is 5.32 Å². The van der Waals surface area contributed by atoms with Gasteiger partial charge < -0.3 is 15.2 Å². The molecule has 2 aromatic rings. The molecule has 0 bridgehead atoms. The number of carbonyl (C=O) groups is 2. The average Bonchev–Trinajstić information content (AvgIpc) is 3.62. The number of hydrogen-bond acceptors (Lipinski definition) is 3. The van der Waals surface area contributed by atoms with Crippen molar-refractivity contribution in [1.29, 1.82) is 0 Å². The molecule has 1 saturated carbocycles. The third kappa shape index (κ3) is 5.76. The number of ether oxygens (including phenoxy) is 1. The van der Waals surface area contributed by atoms with Crippen LogP contribution in [0.4, 0.5) is 0 Å². The van der Waals surface area contributed by atoms with Gasteiger partial charge in [0, 0.05) is 29.2 Å². The van der Waals surface area contributed by atoms with Crippen LogP contribution in [0.5, 0.6) is 0 Å². The van der Waals surface area contributed by atoms with E-state index in [0.717, 1.165) is 17.7 Å². The number of nitrogens with one attached hydrogen (secondary N) is 1. The van der Waals surface area contributed by atoms with Gasteiger partial charge in [-0.2, -0.15) is 0 Å². The van der Waals surface area contributed by atoms with Crippen LogP contribution in [0, 0.1) is 17.3 Å². The number of carboxylic acid groups (broad SMARTS) is 1. The Morgan fingerprint density at radius 2 is 1.88 bits per heavy atom. The Balaban J connectivity index is 1.65. The molecule has 2 fully saturated rings. The molecule has 1 aliphatic carbocycles. The van der Waals surface area contributed by atoms with Crippen LogP contribution >= 0.6 is 23.2 Å². The first-order valence-electron chi connectivity index (χ1n) is 11.9. The number of benzene rings is 2. The van der Waals surface area contributed by atoms with Gasteiger partial charge >= 0.3 is 5.97 Å². The molecule has 0 unspecified atom stereocenters. The molecule has 2 aromatic carbocycles. The van der Waals surface area contributed by atoms with E-state index in [-0.39, 0.29) is 30.2 Å². The van der Waals surface area contributed by atoms with Gasteiger partial charge in [0.2, 0.25) is 5.91 Å². The van der Waals surface area contributed by atoms with Crippen molar-refractivity contribution in [3.8, 4) is 0 Å². The second kappa shape index (κ2) is 10.7. The van der Waals surface area contributed by atoms with Gasteiger partial charge in [-0.1, -0.05) is 54.4 Å². The molecule has 0 aromatic heterocycles. The lowest BCUT2D eigenvalue weighted by atomic mass is 9.61. The minimum absolute atomic E-state index is 0.147. The lowest BCUT2D eigenvalue weighted by Gasteiger charge is -2.47. The van der Waals surface area contributed by atoms with Crippen molar-refractivity contribution in [2.45, 2.75) is 51.0 Å². The number of hydrogen-bond donors (Lipinski definition) is 2. The minimum Gasteiger partial charge on any atom is -0.481 e. The normalized spacial score (nSPS) is 25.6. The number of rotatable bonds is 10. The zero-order valence-corrected chi connectivity index (χ0v) is 20.8. The Morgan fingerprint density at radius 1 is 1.15 bits per heavy atom. The molecule has 5 nitrogen and oxygen atoms in total. The Kier molecular flexibility index (Phi) is 7.86. The van der Waals surface area contributed by atoms with Crippen molar-refractivity contribution in [3.63, 3.8) is 0 Å². The number of carboxylic acids is 1. The first kappa shape index (κ1) is 25.0. The molecule has 2 aliphatic rings. The van der Waals surface area contributed by atoms with Crippen LogP contribution in [-0.4, -0.2) is 30.2 Å².